The summed E-state index contributed by atoms with van der Waals surface area (Å²) in [4.78, 5) is 0. The molecule has 6 rings (SSSR count). The lowest BCUT2D eigenvalue weighted by Gasteiger charge is -2.11. The number of hydrogen-bond acceptors (Lipinski definition) is 4. The zero-order valence-corrected chi connectivity index (χ0v) is 25.0. The first-order valence-electron chi connectivity index (χ1n) is 14.6. The lowest BCUT2D eigenvalue weighted by Crippen LogP contribution is -2.00. The summed E-state index contributed by atoms with van der Waals surface area (Å²) < 4.78 is 25.4. The molecule has 0 saturated heterocycles. The monoisotopic (exact) mass is 581 g/mol. The van der Waals surface area contributed by atoms with Crippen LogP contribution in [0.15, 0.2) is 140 Å². The lowest BCUT2D eigenvalue weighted by atomic mass is 9.99. The topological polar surface area (TPSA) is 41.9 Å². The van der Waals surface area contributed by atoms with Gasteiger partial charge < -0.3 is 23.5 Å². The first kappa shape index (κ1) is 28.7. The molecule has 220 valence electrons. The Morgan fingerprint density at radius 3 is 1.43 bits per heavy atom. The molecule has 1 aromatic heterocycles. The van der Waals surface area contributed by atoms with Crippen molar-refractivity contribution in [1.82, 2.24) is 4.57 Å². The van der Waals surface area contributed by atoms with E-state index in [1.54, 1.807) is 14.2 Å². The second-order valence-corrected chi connectivity index (χ2v) is 10.5. The maximum absolute atomic E-state index is 6.05. The van der Waals surface area contributed by atoms with E-state index in [1.165, 1.54) is 0 Å². The minimum Gasteiger partial charge on any atom is -0.497 e. The van der Waals surface area contributed by atoms with E-state index < -0.39 is 0 Å². The van der Waals surface area contributed by atoms with Crippen LogP contribution in [0.5, 0.6) is 23.0 Å². The zero-order chi connectivity index (χ0) is 30.1. The highest BCUT2D eigenvalue weighted by Crippen LogP contribution is 2.36. The minimum atomic E-state index is 0.532. The first-order chi connectivity index (χ1) is 21.7. The van der Waals surface area contributed by atoms with E-state index in [0.717, 1.165) is 61.9 Å². The molecule has 5 heteroatoms. The molecule has 0 spiro atoms. The van der Waals surface area contributed by atoms with Gasteiger partial charge in [-0.3, -0.25) is 0 Å². The molecule has 5 nitrogen and oxygen atoms in total. The van der Waals surface area contributed by atoms with Crippen molar-refractivity contribution in [2.45, 2.75) is 19.8 Å². The van der Waals surface area contributed by atoms with Crippen molar-refractivity contribution in [2.24, 2.45) is 0 Å². The molecule has 0 unspecified atom stereocenters. The molecule has 0 bridgehead atoms. The maximum atomic E-state index is 6.05. The standard InChI is InChI=1S/C39H35NO4/c1-41-36-22-17-33(39(23-36)42-2)24-40-25-37(31-13-18-34(19-14-31)43-27-29-9-5-3-6-10-29)38(26-40)32-15-20-35(21-16-32)44-28-30-11-7-4-8-12-30/h3-23,25-26H,24,27-28H2,1-2H3. The highest BCUT2D eigenvalue weighted by molar-refractivity contribution is 5.83. The number of nitrogens with zero attached hydrogens (tertiary/aromatic N) is 1. The molecule has 0 aliphatic rings. The average molecular weight is 582 g/mol. The number of rotatable bonds is 12. The Bertz CT molecular complexity index is 1670. The highest BCUT2D eigenvalue weighted by atomic mass is 16.5. The predicted molar refractivity (Wildman–Crippen MR) is 175 cm³/mol. The number of benzene rings is 5. The normalized spacial score (nSPS) is 10.8. The van der Waals surface area contributed by atoms with Crippen molar-refractivity contribution in [3.05, 3.63) is 156 Å². The Morgan fingerprint density at radius 2 is 0.977 bits per heavy atom. The summed E-state index contributed by atoms with van der Waals surface area (Å²) in [7, 11) is 3.35. The summed E-state index contributed by atoms with van der Waals surface area (Å²) in [6.45, 7) is 1.71. The van der Waals surface area contributed by atoms with Crippen molar-refractivity contribution in [1.29, 1.82) is 0 Å². The quantitative estimate of drug-likeness (QED) is 0.145. The largest absolute Gasteiger partial charge is 0.497 e. The van der Waals surface area contributed by atoms with Gasteiger partial charge >= 0.3 is 0 Å². The van der Waals surface area contributed by atoms with Crippen LogP contribution in [0.3, 0.4) is 0 Å². The molecule has 0 saturated carbocycles. The van der Waals surface area contributed by atoms with Gasteiger partial charge in [-0.05, 0) is 58.7 Å². The van der Waals surface area contributed by atoms with Crippen molar-refractivity contribution >= 4 is 0 Å². The summed E-state index contributed by atoms with van der Waals surface area (Å²) in [6.07, 6.45) is 4.39. The molecule has 44 heavy (non-hydrogen) atoms. The molecular formula is C39H35NO4. The third kappa shape index (κ3) is 6.96. The first-order valence-corrected chi connectivity index (χ1v) is 14.6. The van der Waals surface area contributed by atoms with Gasteiger partial charge in [0.15, 0.2) is 0 Å². The molecule has 5 aromatic carbocycles. The van der Waals surface area contributed by atoms with E-state index >= 15 is 0 Å². The third-order valence-corrected chi connectivity index (χ3v) is 7.55. The smallest absolute Gasteiger partial charge is 0.127 e. The number of ether oxygens (including phenoxy) is 4. The number of aromatic nitrogens is 1. The van der Waals surface area contributed by atoms with Gasteiger partial charge in [-0.2, -0.15) is 0 Å². The fourth-order valence-electron chi connectivity index (χ4n) is 5.18. The van der Waals surface area contributed by atoms with Crippen LogP contribution in [0.25, 0.3) is 22.3 Å². The second-order valence-electron chi connectivity index (χ2n) is 10.5. The molecule has 6 aromatic rings. The Morgan fingerprint density at radius 1 is 0.500 bits per heavy atom. The van der Waals surface area contributed by atoms with Crippen LogP contribution in [0, 0.1) is 0 Å². The molecule has 1 heterocycles. The summed E-state index contributed by atoms with van der Waals surface area (Å²) in [5.41, 5.74) is 7.82. The summed E-state index contributed by atoms with van der Waals surface area (Å²) in [5, 5.41) is 0. The molecule has 0 atom stereocenters. The maximum Gasteiger partial charge on any atom is 0.127 e. The van der Waals surface area contributed by atoms with Crippen LogP contribution < -0.4 is 18.9 Å². The van der Waals surface area contributed by atoms with Crippen molar-refractivity contribution in [3.8, 4) is 45.3 Å². The van der Waals surface area contributed by atoms with Crippen LogP contribution in [0.1, 0.15) is 16.7 Å². The molecule has 0 fully saturated rings. The third-order valence-electron chi connectivity index (χ3n) is 7.55. The van der Waals surface area contributed by atoms with Crippen LogP contribution in [-0.4, -0.2) is 18.8 Å². The molecule has 0 radical (unpaired) electrons. The van der Waals surface area contributed by atoms with Gasteiger partial charge in [0.25, 0.3) is 0 Å². The lowest BCUT2D eigenvalue weighted by molar-refractivity contribution is 0.306. The number of hydrogen-bond donors (Lipinski definition) is 0. The van der Waals surface area contributed by atoms with Gasteiger partial charge in [0.1, 0.15) is 36.2 Å². The van der Waals surface area contributed by atoms with Gasteiger partial charge in [0, 0.05) is 35.2 Å². The molecular weight excluding hydrogens is 546 g/mol. The van der Waals surface area contributed by atoms with Crippen LogP contribution >= 0.6 is 0 Å². The Labute approximate surface area is 258 Å². The minimum absolute atomic E-state index is 0.532. The summed E-state index contributed by atoms with van der Waals surface area (Å²) in [5.74, 6) is 3.23. The SMILES string of the molecule is COc1ccc(Cn2cc(-c3ccc(OCc4ccccc4)cc3)c(-c3ccc(OCc4ccccc4)cc3)c2)c(OC)c1. The predicted octanol–water partition coefficient (Wildman–Crippen LogP) is 9.05. The Hall–Kier alpha value is -5.42. The molecule has 0 amide bonds. The van der Waals surface area contributed by atoms with Crippen molar-refractivity contribution in [2.75, 3.05) is 14.2 Å². The van der Waals surface area contributed by atoms with Crippen LogP contribution in [0.4, 0.5) is 0 Å². The highest BCUT2D eigenvalue weighted by Gasteiger charge is 2.14. The summed E-state index contributed by atoms with van der Waals surface area (Å²) in [6, 6.07) is 42.9. The van der Waals surface area contributed by atoms with Crippen LogP contribution in [0.2, 0.25) is 0 Å². The van der Waals surface area contributed by atoms with E-state index in [0.29, 0.717) is 19.8 Å². The van der Waals surface area contributed by atoms with Crippen LogP contribution in [-0.2, 0) is 19.8 Å². The second kappa shape index (κ2) is 13.7. The van der Waals surface area contributed by atoms with Gasteiger partial charge in [-0.1, -0.05) is 84.9 Å². The van der Waals surface area contributed by atoms with Gasteiger partial charge in [-0.15, -0.1) is 0 Å². The van der Waals surface area contributed by atoms with E-state index in [1.807, 2.05) is 72.8 Å². The summed E-state index contributed by atoms with van der Waals surface area (Å²) >= 11 is 0. The molecule has 0 aliphatic carbocycles. The van der Waals surface area contributed by atoms with Gasteiger partial charge in [0.2, 0.25) is 0 Å². The number of methoxy groups -OCH3 is 2. The van der Waals surface area contributed by atoms with E-state index in [9.17, 15) is 0 Å². The van der Waals surface area contributed by atoms with E-state index in [2.05, 4.69) is 71.6 Å². The van der Waals surface area contributed by atoms with Crippen molar-refractivity contribution in [3.63, 3.8) is 0 Å². The van der Waals surface area contributed by atoms with Gasteiger partial charge in [0.05, 0.1) is 20.8 Å². The molecule has 0 aliphatic heterocycles. The van der Waals surface area contributed by atoms with Gasteiger partial charge in [-0.25, -0.2) is 0 Å². The Kier molecular flexibility index (Phi) is 8.93. The van der Waals surface area contributed by atoms with E-state index in [-0.39, 0.29) is 0 Å². The average Bonchev–Trinajstić information content (AvgIpc) is 3.51. The van der Waals surface area contributed by atoms with E-state index in [4.69, 9.17) is 18.9 Å². The zero-order valence-electron chi connectivity index (χ0n) is 25.0. The Balaban J connectivity index is 1.27. The fourth-order valence-corrected chi connectivity index (χ4v) is 5.18. The fraction of sp³-hybridized carbons (Fsp3) is 0.128. The van der Waals surface area contributed by atoms with Crippen molar-refractivity contribution < 1.29 is 18.9 Å². The molecule has 0 N–H and O–H groups in total.